The molecule has 0 rings (SSSR count). The predicted molar refractivity (Wildman–Crippen MR) is 42.3 cm³/mol. The fourth-order valence-corrected chi connectivity index (χ4v) is 0.680. The molecule has 0 aromatic carbocycles. The smallest absolute Gasteiger partial charge is 0.128 e. The molecule has 0 heterocycles. The molecule has 0 saturated heterocycles. The summed E-state index contributed by atoms with van der Waals surface area (Å²) in [6.07, 6.45) is 3.42. The Kier molecular flexibility index (Phi) is 5.21. The highest BCUT2D eigenvalue weighted by Gasteiger charge is 2.05. The maximum absolute atomic E-state index is 5.84. The van der Waals surface area contributed by atoms with Gasteiger partial charge in [-0.2, -0.15) is 0 Å². The molecule has 9 heavy (non-hydrogen) atoms. The molecule has 0 unspecified atom stereocenters. The zero-order valence-electron chi connectivity index (χ0n) is 6.45. The standard InChI is InChI=1S/C7H15ClN/c1-4-5-6-7(8)9(2)3/h4-6H2,1-3H3. The van der Waals surface area contributed by atoms with Crippen LogP contribution in [-0.2, 0) is 0 Å². The SMILES string of the molecule is CCCC[C](Cl)N(C)C. The molecule has 0 N–H and O–H groups in total. The zero-order chi connectivity index (χ0) is 7.28. The summed E-state index contributed by atoms with van der Waals surface area (Å²) in [6, 6.07) is 0. The van der Waals surface area contributed by atoms with E-state index in [1.165, 1.54) is 12.8 Å². The van der Waals surface area contributed by atoms with E-state index in [1.54, 1.807) is 0 Å². The monoisotopic (exact) mass is 148 g/mol. The van der Waals surface area contributed by atoms with E-state index in [4.69, 9.17) is 11.6 Å². The van der Waals surface area contributed by atoms with Gasteiger partial charge in [-0.15, -0.1) is 0 Å². The van der Waals surface area contributed by atoms with Gasteiger partial charge in [-0.25, -0.2) is 0 Å². The Hall–Kier alpha value is 0.250. The fourth-order valence-electron chi connectivity index (χ4n) is 0.546. The quantitative estimate of drug-likeness (QED) is 0.554. The fraction of sp³-hybridized carbons (Fsp3) is 0.857. The predicted octanol–water partition coefficient (Wildman–Crippen LogP) is 2.47. The van der Waals surface area contributed by atoms with E-state index in [-0.39, 0.29) is 0 Å². The van der Waals surface area contributed by atoms with Crippen molar-refractivity contribution in [2.24, 2.45) is 0 Å². The summed E-state index contributed by atoms with van der Waals surface area (Å²) in [6.45, 7) is 2.17. The molecule has 0 aromatic heterocycles. The van der Waals surface area contributed by atoms with Crippen LogP contribution in [0.5, 0.6) is 0 Å². The first-order valence-corrected chi connectivity index (χ1v) is 3.75. The maximum Gasteiger partial charge on any atom is 0.128 e. The van der Waals surface area contributed by atoms with Gasteiger partial charge in [0.25, 0.3) is 0 Å². The Bertz CT molecular complexity index is 63.9. The third-order valence-electron chi connectivity index (χ3n) is 1.22. The first kappa shape index (κ1) is 9.25. The Morgan fingerprint density at radius 1 is 1.44 bits per heavy atom. The van der Waals surface area contributed by atoms with Crippen molar-refractivity contribution < 1.29 is 0 Å². The summed E-state index contributed by atoms with van der Waals surface area (Å²) >= 11 is 5.84. The van der Waals surface area contributed by atoms with Crippen molar-refractivity contribution in [1.82, 2.24) is 4.90 Å². The lowest BCUT2D eigenvalue weighted by molar-refractivity contribution is 0.443. The molecule has 1 nitrogen and oxygen atoms in total. The van der Waals surface area contributed by atoms with Crippen molar-refractivity contribution in [1.29, 1.82) is 0 Å². The molecule has 0 aliphatic carbocycles. The highest BCUT2D eigenvalue weighted by atomic mass is 35.5. The van der Waals surface area contributed by atoms with E-state index >= 15 is 0 Å². The third-order valence-corrected chi connectivity index (χ3v) is 1.75. The van der Waals surface area contributed by atoms with E-state index < -0.39 is 0 Å². The van der Waals surface area contributed by atoms with Crippen molar-refractivity contribution in [2.45, 2.75) is 26.2 Å². The number of hydrogen-bond acceptors (Lipinski definition) is 1. The third kappa shape index (κ3) is 4.73. The Morgan fingerprint density at radius 3 is 2.33 bits per heavy atom. The lowest BCUT2D eigenvalue weighted by Crippen LogP contribution is -2.14. The summed E-state index contributed by atoms with van der Waals surface area (Å²) in [4.78, 5) is 1.96. The average Bonchev–Trinajstić information content (AvgIpc) is 1.82. The number of hydrogen-bond donors (Lipinski definition) is 0. The van der Waals surface area contributed by atoms with E-state index in [2.05, 4.69) is 6.92 Å². The molecule has 0 atom stereocenters. The van der Waals surface area contributed by atoms with Gasteiger partial charge in [-0.1, -0.05) is 31.4 Å². The number of rotatable bonds is 4. The second-order valence-electron chi connectivity index (χ2n) is 2.37. The molecule has 0 bridgehead atoms. The second-order valence-corrected chi connectivity index (χ2v) is 2.81. The van der Waals surface area contributed by atoms with Crippen LogP contribution in [0.4, 0.5) is 0 Å². The van der Waals surface area contributed by atoms with Gasteiger partial charge < -0.3 is 0 Å². The normalized spacial score (nSPS) is 11.3. The highest BCUT2D eigenvalue weighted by Crippen LogP contribution is 2.16. The summed E-state index contributed by atoms with van der Waals surface area (Å²) in [5.41, 5.74) is 0.955. The zero-order valence-corrected chi connectivity index (χ0v) is 7.20. The Balaban J connectivity index is 3.16. The number of unbranched alkanes of at least 4 members (excludes halogenated alkanes) is 1. The number of halogens is 1. The molecule has 0 aliphatic heterocycles. The summed E-state index contributed by atoms with van der Waals surface area (Å²) < 4.78 is 0. The lowest BCUT2D eigenvalue weighted by atomic mass is 10.2. The molecule has 2 heteroatoms. The molecule has 0 saturated carbocycles. The minimum Gasteiger partial charge on any atom is -0.289 e. The van der Waals surface area contributed by atoms with Gasteiger partial charge in [0.05, 0.1) is 0 Å². The first-order chi connectivity index (χ1) is 4.18. The van der Waals surface area contributed by atoms with Gasteiger partial charge in [0.2, 0.25) is 0 Å². The van der Waals surface area contributed by atoms with Crippen LogP contribution in [0.1, 0.15) is 26.2 Å². The van der Waals surface area contributed by atoms with Gasteiger partial charge in [0.1, 0.15) is 5.50 Å². The van der Waals surface area contributed by atoms with Crippen molar-refractivity contribution >= 4 is 11.6 Å². The van der Waals surface area contributed by atoms with E-state index in [1.807, 2.05) is 19.0 Å². The number of nitrogens with zero attached hydrogens (tertiary/aromatic N) is 1. The van der Waals surface area contributed by atoms with Crippen molar-refractivity contribution in [3.63, 3.8) is 0 Å². The largest absolute Gasteiger partial charge is 0.289 e. The summed E-state index contributed by atoms with van der Waals surface area (Å²) in [5.74, 6) is 0. The summed E-state index contributed by atoms with van der Waals surface area (Å²) in [5, 5.41) is 0. The second kappa shape index (κ2) is 5.07. The highest BCUT2D eigenvalue weighted by molar-refractivity contribution is 6.26. The minimum absolute atomic E-state index is 0.955. The van der Waals surface area contributed by atoms with Gasteiger partial charge in [-0.05, 0) is 20.5 Å². The van der Waals surface area contributed by atoms with Crippen LogP contribution in [0, 0.1) is 5.50 Å². The molecule has 55 valence electrons. The van der Waals surface area contributed by atoms with Crippen LogP contribution in [0.2, 0.25) is 0 Å². The lowest BCUT2D eigenvalue weighted by Gasteiger charge is -2.14. The molecule has 0 spiro atoms. The van der Waals surface area contributed by atoms with Gasteiger partial charge in [0.15, 0.2) is 0 Å². The Labute approximate surface area is 63.0 Å². The molecule has 0 amide bonds. The summed E-state index contributed by atoms with van der Waals surface area (Å²) in [7, 11) is 3.94. The van der Waals surface area contributed by atoms with E-state index in [0.29, 0.717) is 0 Å². The first-order valence-electron chi connectivity index (χ1n) is 3.37. The molecular formula is C7H15ClN. The van der Waals surface area contributed by atoms with Crippen LogP contribution in [-0.4, -0.2) is 19.0 Å². The van der Waals surface area contributed by atoms with Gasteiger partial charge in [0, 0.05) is 0 Å². The van der Waals surface area contributed by atoms with E-state index in [9.17, 15) is 0 Å². The van der Waals surface area contributed by atoms with Crippen molar-refractivity contribution in [3.05, 3.63) is 5.50 Å². The van der Waals surface area contributed by atoms with Crippen molar-refractivity contribution in [3.8, 4) is 0 Å². The molecule has 0 fully saturated rings. The molecule has 0 aromatic rings. The van der Waals surface area contributed by atoms with Gasteiger partial charge in [-0.3, -0.25) is 4.90 Å². The van der Waals surface area contributed by atoms with Crippen LogP contribution < -0.4 is 0 Å². The van der Waals surface area contributed by atoms with Crippen LogP contribution in [0.15, 0.2) is 0 Å². The van der Waals surface area contributed by atoms with Crippen LogP contribution in [0.25, 0.3) is 0 Å². The maximum atomic E-state index is 5.84. The Morgan fingerprint density at radius 2 is 2.00 bits per heavy atom. The molecular weight excluding hydrogens is 134 g/mol. The average molecular weight is 149 g/mol. The minimum atomic E-state index is 0.955. The molecule has 1 radical (unpaired) electrons. The van der Waals surface area contributed by atoms with Crippen LogP contribution >= 0.6 is 11.6 Å². The topological polar surface area (TPSA) is 3.24 Å². The van der Waals surface area contributed by atoms with Crippen LogP contribution in [0.3, 0.4) is 0 Å². The van der Waals surface area contributed by atoms with E-state index in [0.717, 1.165) is 11.9 Å². The molecule has 0 aliphatic rings. The van der Waals surface area contributed by atoms with Crippen molar-refractivity contribution in [2.75, 3.05) is 14.1 Å². The van der Waals surface area contributed by atoms with Gasteiger partial charge >= 0.3 is 0 Å².